The predicted molar refractivity (Wildman–Crippen MR) is 221 cm³/mol. The molecule has 3 heteroatoms. The summed E-state index contributed by atoms with van der Waals surface area (Å²) in [5.41, 5.74) is 14.2. The largest absolute Gasteiger partial charge is 0.455 e. The van der Waals surface area contributed by atoms with Crippen molar-refractivity contribution in [1.29, 1.82) is 0 Å². The number of aromatic nitrogens is 1. The molecular weight excluding hydrogens is 645 g/mol. The molecule has 2 heterocycles. The first-order chi connectivity index (χ1) is 26.2. The number of para-hydroxylation sites is 4. The molecule has 0 spiro atoms. The Balaban J connectivity index is 1.25. The van der Waals surface area contributed by atoms with E-state index in [1.165, 1.54) is 76.2 Å². The third-order valence-electron chi connectivity index (χ3n) is 12.6. The van der Waals surface area contributed by atoms with Crippen LogP contribution < -0.4 is 4.90 Å². The highest BCUT2D eigenvalue weighted by Gasteiger charge is 2.47. The number of hydrogen-bond donors (Lipinski definition) is 0. The van der Waals surface area contributed by atoms with Crippen LogP contribution in [0.3, 0.4) is 0 Å². The van der Waals surface area contributed by atoms with Crippen molar-refractivity contribution in [3.8, 4) is 16.8 Å². The first kappa shape index (κ1) is 30.6. The van der Waals surface area contributed by atoms with Gasteiger partial charge in [0.05, 0.1) is 22.1 Å². The molecule has 0 radical (unpaired) electrons. The Labute approximate surface area is 309 Å². The van der Waals surface area contributed by atoms with E-state index in [9.17, 15) is 0 Å². The van der Waals surface area contributed by atoms with E-state index in [1.54, 1.807) is 0 Å². The molecular formula is C50H40N2O. The molecule has 1 atom stereocenters. The molecule has 53 heavy (non-hydrogen) atoms. The fraction of sp³-hybridized carbons (Fsp3) is 0.160. The summed E-state index contributed by atoms with van der Waals surface area (Å²) < 4.78 is 9.47. The summed E-state index contributed by atoms with van der Waals surface area (Å²) in [6, 6.07) is 57.8. The molecule has 1 fully saturated rings. The van der Waals surface area contributed by atoms with E-state index >= 15 is 0 Å². The average Bonchev–Trinajstić information content (AvgIpc) is 3.86. The van der Waals surface area contributed by atoms with Crippen molar-refractivity contribution in [2.24, 2.45) is 5.92 Å². The molecule has 3 nitrogen and oxygen atoms in total. The Morgan fingerprint density at radius 2 is 1.26 bits per heavy atom. The third-order valence-corrected chi connectivity index (χ3v) is 12.6. The van der Waals surface area contributed by atoms with Crippen LogP contribution in [0.1, 0.15) is 50.2 Å². The third kappa shape index (κ3) is 4.40. The van der Waals surface area contributed by atoms with Gasteiger partial charge in [-0.15, -0.1) is 0 Å². The lowest BCUT2D eigenvalue weighted by atomic mass is 9.65. The van der Waals surface area contributed by atoms with Gasteiger partial charge in [-0.3, -0.25) is 0 Å². The first-order valence-corrected chi connectivity index (χ1v) is 19.2. The molecule has 1 unspecified atom stereocenters. The molecule has 256 valence electrons. The van der Waals surface area contributed by atoms with Crippen LogP contribution in [-0.2, 0) is 5.41 Å². The number of furan rings is 1. The van der Waals surface area contributed by atoms with Gasteiger partial charge in [-0.25, -0.2) is 0 Å². The molecule has 0 amide bonds. The molecule has 2 aromatic heterocycles. The molecule has 11 rings (SSSR count). The summed E-state index contributed by atoms with van der Waals surface area (Å²) in [5.74, 6) is 0.566. The van der Waals surface area contributed by atoms with Crippen molar-refractivity contribution >= 4 is 60.8 Å². The van der Waals surface area contributed by atoms with E-state index in [1.807, 2.05) is 0 Å². The second kappa shape index (κ2) is 11.7. The molecule has 2 aliphatic rings. The zero-order valence-corrected chi connectivity index (χ0v) is 29.9. The van der Waals surface area contributed by atoms with Crippen LogP contribution >= 0.6 is 0 Å². The number of nitrogens with zero attached hydrogens (tertiary/aromatic N) is 2. The van der Waals surface area contributed by atoms with Crippen molar-refractivity contribution in [2.75, 3.05) is 4.90 Å². The number of hydrogen-bond acceptors (Lipinski definition) is 2. The van der Waals surface area contributed by atoms with Gasteiger partial charge in [0.2, 0.25) is 0 Å². The Kier molecular flexibility index (Phi) is 6.76. The van der Waals surface area contributed by atoms with Gasteiger partial charge in [0.25, 0.3) is 0 Å². The van der Waals surface area contributed by atoms with E-state index in [4.69, 9.17) is 4.42 Å². The second-order valence-electron chi connectivity index (χ2n) is 15.3. The maximum Gasteiger partial charge on any atom is 0.145 e. The summed E-state index contributed by atoms with van der Waals surface area (Å²) in [7, 11) is 0. The molecule has 0 N–H and O–H groups in total. The molecule has 2 aliphatic carbocycles. The van der Waals surface area contributed by atoms with Gasteiger partial charge in [0.1, 0.15) is 11.2 Å². The highest BCUT2D eigenvalue weighted by Crippen LogP contribution is 2.60. The van der Waals surface area contributed by atoms with Gasteiger partial charge in [0.15, 0.2) is 0 Å². The normalized spacial score (nSPS) is 17.2. The van der Waals surface area contributed by atoms with Crippen molar-refractivity contribution in [3.05, 3.63) is 169 Å². The van der Waals surface area contributed by atoms with Gasteiger partial charge in [-0.1, -0.05) is 129 Å². The molecule has 9 aromatic rings. The van der Waals surface area contributed by atoms with Crippen molar-refractivity contribution < 1.29 is 4.42 Å². The predicted octanol–water partition coefficient (Wildman–Crippen LogP) is 14.0. The van der Waals surface area contributed by atoms with Gasteiger partial charge < -0.3 is 13.9 Å². The number of benzene rings is 7. The number of fused-ring (bicyclic) bond motifs is 10. The maximum absolute atomic E-state index is 7.05. The highest BCUT2D eigenvalue weighted by atomic mass is 16.3. The zero-order valence-electron chi connectivity index (χ0n) is 29.9. The smallest absolute Gasteiger partial charge is 0.145 e. The second-order valence-corrected chi connectivity index (χ2v) is 15.3. The topological polar surface area (TPSA) is 21.3 Å². The van der Waals surface area contributed by atoms with E-state index < -0.39 is 0 Å². The molecule has 0 aliphatic heterocycles. The Hall–Kier alpha value is -6.06. The fourth-order valence-corrected chi connectivity index (χ4v) is 10.1. The lowest BCUT2D eigenvalue weighted by Gasteiger charge is -2.39. The minimum Gasteiger partial charge on any atom is -0.455 e. The summed E-state index contributed by atoms with van der Waals surface area (Å²) in [6.45, 7) is 2.53. The van der Waals surface area contributed by atoms with Crippen LogP contribution in [0.2, 0.25) is 0 Å². The van der Waals surface area contributed by atoms with Crippen molar-refractivity contribution in [3.63, 3.8) is 0 Å². The van der Waals surface area contributed by atoms with Crippen LogP contribution in [0.25, 0.3) is 60.6 Å². The van der Waals surface area contributed by atoms with Crippen LogP contribution in [0.15, 0.2) is 162 Å². The van der Waals surface area contributed by atoms with E-state index in [0.29, 0.717) is 5.92 Å². The van der Waals surface area contributed by atoms with E-state index in [2.05, 4.69) is 174 Å². The van der Waals surface area contributed by atoms with Gasteiger partial charge >= 0.3 is 0 Å². The van der Waals surface area contributed by atoms with Crippen LogP contribution in [0.5, 0.6) is 0 Å². The van der Waals surface area contributed by atoms with Crippen molar-refractivity contribution in [2.45, 2.75) is 44.4 Å². The first-order valence-electron chi connectivity index (χ1n) is 19.2. The minimum absolute atomic E-state index is 0.125. The average molecular weight is 685 g/mol. The van der Waals surface area contributed by atoms with E-state index in [0.717, 1.165) is 44.7 Å². The quantitative estimate of drug-likeness (QED) is 0.180. The SMILES string of the molecule is CC1(C2CCCCC2)c2ccccc2-c2c1cc(N(c1ccccc1)c1ccc3c4ccccc4n(-c4ccccc4)c3c1)c1c2oc2ccccc21. The van der Waals surface area contributed by atoms with Crippen LogP contribution in [0, 0.1) is 5.92 Å². The lowest BCUT2D eigenvalue weighted by molar-refractivity contribution is 0.258. The number of anilines is 3. The number of rotatable bonds is 5. The van der Waals surface area contributed by atoms with Gasteiger partial charge in [0, 0.05) is 44.2 Å². The Bertz CT molecular complexity index is 2840. The lowest BCUT2D eigenvalue weighted by Crippen LogP contribution is -2.33. The summed E-state index contributed by atoms with van der Waals surface area (Å²) in [4.78, 5) is 2.49. The molecule has 0 saturated heterocycles. The van der Waals surface area contributed by atoms with Gasteiger partial charge in [-0.2, -0.15) is 0 Å². The summed E-state index contributed by atoms with van der Waals surface area (Å²) >= 11 is 0. The Morgan fingerprint density at radius 1 is 0.585 bits per heavy atom. The molecule has 7 aromatic carbocycles. The fourth-order valence-electron chi connectivity index (χ4n) is 10.1. The Morgan fingerprint density at radius 3 is 2.09 bits per heavy atom. The minimum atomic E-state index is -0.125. The monoisotopic (exact) mass is 684 g/mol. The van der Waals surface area contributed by atoms with E-state index in [-0.39, 0.29) is 5.41 Å². The van der Waals surface area contributed by atoms with Crippen molar-refractivity contribution in [1.82, 2.24) is 4.57 Å². The summed E-state index contributed by atoms with van der Waals surface area (Å²) in [5, 5.41) is 4.80. The van der Waals surface area contributed by atoms with Gasteiger partial charge in [-0.05, 0) is 90.0 Å². The molecule has 1 saturated carbocycles. The summed E-state index contributed by atoms with van der Waals surface area (Å²) in [6.07, 6.45) is 6.42. The molecule has 0 bridgehead atoms. The van der Waals surface area contributed by atoms with Crippen LogP contribution in [-0.4, -0.2) is 4.57 Å². The van der Waals surface area contributed by atoms with Crippen LogP contribution in [0.4, 0.5) is 17.1 Å². The zero-order chi connectivity index (χ0) is 35.1. The standard InChI is InChI=1S/C50H40N2O/c1-50(33-17-5-2-6-18-33)41-26-14-11-24-39(41)47-42(50)32-45(48-40-25-13-16-28-46(40)53-49(47)48)51(34-19-7-3-8-20-34)36-29-30-38-37-23-12-15-27-43(37)52(44(38)31-36)35-21-9-4-10-22-35/h3-4,7-16,19-33H,2,5-6,17-18H2,1H3. The maximum atomic E-state index is 7.05. The highest BCUT2D eigenvalue weighted by molar-refractivity contribution is 6.19.